The van der Waals surface area contributed by atoms with Gasteiger partial charge in [0, 0.05) is 25.7 Å². The average molecular weight is 305 g/mol. The maximum atomic E-state index is 12.3. The van der Waals surface area contributed by atoms with E-state index in [1.54, 1.807) is 0 Å². The number of rotatable bonds is 6. The van der Waals surface area contributed by atoms with Crippen molar-refractivity contribution in [2.24, 2.45) is 0 Å². The Labute approximate surface area is 132 Å². The zero-order valence-corrected chi connectivity index (χ0v) is 13.6. The fraction of sp³-hybridized carbons (Fsp3) is 0.588. The number of urea groups is 1. The van der Waals surface area contributed by atoms with Crippen LogP contribution in [0.25, 0.3) is 0 Å². The maximum Gasteiger partial charge on any atom is 0.317 e. The number of nitrogens with one attached hydrogen (secondary N) is 1. The Morgan fingerprint density at radius 1 is 1.36 bits per heavy atom. The molecule has 1 aromatic rings. The molecule has 0 spiro atoms. The molecule has 0 bridgehead atoms. The third kappa shape index (κ3) is 4.21. The summed E-state index contributed by atoms with van der Waals surface area (Å²) in [7, 11) is 0. The smallest absolute Gasteiger partial charge is 0.317 e. The molecule has 2 rings (SSSR count). The van der Waals surface area contributed by atoms with E-state index in [0.29, 0.717) is 12.6 Å². The van der Waals surface area contributed by atoms with Crippen LogP contribution in [0.3, 0.4) is 0 Å². The highest BCUT2D eigenvalue weighted by Crippen LogP contribution is 2.15. The van der Waals surface area contributed by atoms with Gasteiger partial charge in [-0.2, -0.15) is 0 Å². The molecule has 2 N–H and O–H groups in total. The molecule has 122 valence electrons. The summed E-state index contributed by atoms with van der Waals surface area (Å²) in [5, 5.41) is 12.1. The quantitative estimate of drug-likeness (QED) is 0.843. The summed E-state index contributed by atoms with van der Waals surface area (Å²) < 4.78 is 0. The summed E-state index contributed by atoms with van der Waals surface area (Å²) in [5.74, 6) is 0. The number of hydrogen-bond acceptors (Lipinski definition) is 3. The summed E-state index contributed by atoms with van der Waals surface area (Å²) in [4.78, 5) is 16.6. The number of hydrogen-bond donors (Lipinski definition) is 2. The molecule has 0 aromatic heterocycles. The summed E-state index contributed by atoms with van der Waals surface area (Å²) in [6.07, 6.45) is 1.05. The van der Waals surface area contributed by atoms with Gasteiger partial charge in [-0.05, 0) is 30.6 Å². The lowest BCUT2D eigenvalue weighted by Gasteiger charge is -2.26. The number of aliphatic hydroxyl groups is 1. The third-order valence-electron chi connectivity index (χ3n) is 4.40. The van der Waals surface area contributed by atoms with Crippen molar-refractivity contribution < 1.29 is 9.90 Å². The lowest BCUT2D eigenvalue weighted by molar-refractivity contribution is 0.192. The molecule has 1 saturated heterocycles. The number of carbonyl (C=O) groups excluding carboxylic acids is 1. The fourth-order valence-corrected chi connectivity index (χ4v) is 3.09. The lowest BCUT2D eigenvalue weighted by atomic mass is 10.1. The molecule has 5 heteroatoms. The number of benzene rings is 1. The molecule has 2 amide bonds. The highest BCUT2D eigenvalue weighted by atomic mass is 16.3. The molecule has 1 atom stereocenters. The summed E-state index contributed by atoms with van der Waals surface area (Å²) >= 11 is 0. The first-order valence-corrected chi connectivity index (χ1v) is 8.13. The van der Waals surface area contributed by atoms with Gasteiger partial charge in [0.05, 0.1) is 6.61 Å². The number of nitrogens with zero attached hydrogens (tertiary/aromatic N) is 2. The first kappa shape index (κ1) is 16.8. The summed E-state index contributed by atoms with van der Waals surface area (Å²) in [6.45, 7) is 8.56. The van der Waals surface area contributed by atoms with Crippen LogP contribution in [0.4, 0.5) is 4.79 Å². The Hall–Kier alpha value is -1.59. The van der Waals surface area contributed by atoms with Crippen molar-refractivity contribution in [1.82, 2.24) is 15.1 Å². The SMILES string of the molecule is CCN(CC)[C@@H]1CCN(C(=O)NCc2cccc(CO)c2)C1. The van der Waals surface area contributed by atoms with E-state index in [1.807, 2.05) is 29.2 Å². The number of amides is 2. The topological polar surface area (TPSA) is 55.8 Å². The Balaban J connectivity index is 1.83. The zero-order chi connectivity index (χ0) is 15.9. The first-order valence-electron chi connectivity index (χ1n) is 8.13. The van der Waals surface area contributed by atoms with Crippen LogP contribution in [0.1, 0.15) is 31.4 Å². The van der Waals surface area contributed by atoms with Gasteiger partial charge < -0.3 is 15.3 Å². The van der Waals surface area contributed by atoms with Crippen molar-refractivity contribution in [3.8, 4) is 0 Å². The van der Waals surface area contributed by atoms with Crippen molar-refractivity contribution in [2.45, 2.75) is 39.5 Å². The zero-order valence-electron chi connectivity index (χ0n) is 13.6. The van der Waals surface area contributed by atoms with Gasteiger partial charge in [0.25, 0.3) is 0 Å². The van der Waals surface area contributed by atoms with Crippen LogP contribution in [0.2, 0.25) is 0 Å². The molecule has 1 fully saturated rings. The van der Waals surface area contributed by atoms with Crippen LogP contribution in [0.5, 0.6) is 0 Å². The monoisotopic (exact) mass is 305 g/mol. The molecular formula is C17H27N3O2. The second kappa shape index (κ2) is 8.15. The predicted molar refractivity (Wildman–Crippen MR) is 87.5 cm³/mol. The minimum absolute atomic E-state index is 0.00376. The largest absolute Gasteiger partial charge is 0.392 e. The molecule has 0 saturated carbocycles. The first-order chi connectivity index (χ1) is 10.7. The molecule has 22 heavy (non-hydrogen) atoms. The van der Waals surface area contributed by atoms with Crippen LogP contribution in [0, 0.1) is 0 Å². The van der Waals surface area contributed by atoms with Gasteiger partial charge in [-0.3, -0.25) is 4.90 Å². The van der Waals surface area contributed by atoms with Crippen LogP contribution < -0.4 is 5.32 Å². The summed E-state index contributed by atoms with van der Waals surface area (Å²) in [6, 6.07) is 8.15. The van der Waals surface area contributed by atoms with Gasteiger partial charge >= 0.3 is 6.03 Å². The second-order valence-corrected chi connectivity index (χ2v) is 5.75. The van der Waals surface area contributed by atoms with Crippen molar-refractivity contribution in [3.05, 3.63) is 35.4 Å². The number of carbonyl (C=O) groups is 1. The average Bonchev–Trinajstić information content (AvgIpc) is 3.04. The standard InChI is InChI=1S/C17H27N3O2/c1-3-19(4-2)16-8-9-20(12-16)17(22)18-11-14-6-5-7-15(10-14)13-21/h5-7,10,16,21H,3-4,8-9,11-13H2,1-2H3,(H,18,22)/t16-/m1/s1. The minimum Gasteiger partial charge on any atom is -0.392 e. The van der Waals surface area contributed by atoms with E-state index in [0.717, 1.165) is 43.7 Å². The number of likely N-dealkylation sites (tertiary alicyclic amines) is 1. The fourth-order valence-electron chi connectivity index (χ4n) is 3.09. The van der Waals surface area contributed by atoms with E-state index >= 15 is 0 Å². The van der Waals surface area contributed by atoms with E-state index in [-0.39, 0.29) is 12.6 Å². The Kier molecular flexibility index (Phi) is 6.21. The summed E-state index contributed by atoms with van der Waals surface area (Å²) in [5.41, 5.74) is 1.88. The van der Waals surface area contributed by atoms with E-state index in [1.165, 1.54) is 0 Å². The highest BCUT2D eigenvalue weighted by molar-refractivity contribution is 5.74. The van der Waals surface area contributed by atoms with Crippen molar-refractivity contribution in [3.63, 3.8) is 0 Å². The van der Waals surface area contributed by atoms with Crippen molar-refractivity contribution >= 4 is 6.03 Å². The number of aliphatic hydroxyl groups excluding tert-OH is 1. The van der Waals surface area contributed by atoms with E-state index in [2.05, 4.69) is 24.1 Å². The number of likely N-dealkylation sites (N-methyl/N-ethyl adjacent to an activating group) is 1. The molecule has 1 aliphatic heterocycles. The Morgan fingerprint density at radius 2 is 2.09 bits per heavy atom. The molecule has 0 unspecified atom stereocenters. The van der Waals surface area contributed by atoms with E-state index in [4.69, 9.17) is 5.11 Å². The minimum atomic E-state index is 0.00376. The van der Waals surface area contributed by atoms with Crippen molar-refractivity contribution in [2.75, 3.05) is 26.2 Å². The molecular weight excluding hydrogens is 278 g/mol. The normalized spacial score (nSPS) is 18.0. The van der Waals surface area contributed by atoms with E-state index in [9.17, 15) is 4.79 Å². The van der Waals surface area contributed by atoms with Crippen LogP contribution >= 0.6 is 0 Å². The molecule has 1 heterocycles. The lowest BCUT2D eigenvalue weighted by Crippen LogP contribution is -2.42. The van der Waals surface area contributed by atoms with Crippen LogP contribution in [-0.2, 0) is 13.2 Å². The Morgan fingerprint density at radius 3 is 2.77 bits per heavy atom. The van der Waals surface area contributed by atoms with Crippen LogP contribution in [-0.4, -0.2) is 53.2 Å². The molecule has 1 aliphatic rings. The van der Waals surface area contributed by atoms with Crippen LogP contribution in [0.15, 0.2) is 24.3 Å². The molecule has 1 aromatic carbocycles. The maximum absolute atomic E-state index is 12.3. The molecule has 5 nitrogen and oxygen atoms in total. The van der Waals surface area contributed by atoms with Gasteiger partial charge in [0.2, 0.25) is 0 Å². The van der Waals surface area contributed by atoms with E-state index < -0.39 is 0 Å². The van der Waals surface area contributed by atoms with Gasteiger partial charge in [0.1, 0.15) is 0 Å². The highest BCUT2D eigenvalue weighted by Gasteiger charge is 2.28. The molecule has 0 aliphatic carbocycles. The van der Waals surface area contributed by atoms with Gasteiger partial charge in [0.15, 0.2) is 0 Å². The Bertz CT molecular complexity index is 489. The molecule has 0 radical (unpaired) electrons. The second-order valence-electron chi connectivity index (χ2n) is 5.75. The van der Waals surface area contributed by atoms with Crippen molar-refractivity contribution in [1.29, 1.82) is 0 Å². The predicted octanol–water partition coefficient (Wildman–Crippen LogP) is 1.80. The van der Waals surface area contributed by atoms with Gasteiger partial charge in [-0.25, -0.2) is 4.79 Å². The van der Waals surface area contributed by atoms with Gasteiger partial charge in [-0.1, -0.05) is 38.1 Å². The third-order valence-corrected chi connectivity index (χ3v) is 4.40. The van der Waals surface area contributed by atoms with Gasteiger partial charge in [-0.15, -0.1) is 0 Å².